The van der Waals surface area contributed by atoms with E-state index in [0.29, 0.717) is 23.2 Å². The summed E-state index contributed by atoms with van der Waals surface area (Å²) in [5.41, 5.74) is 2.98. The molecule has 2 heteroatoms. The summed E-state index contributed by atoms with van der Waals surface area (Å²) in [6.07, 6.45) is 17.7. The third-order valence-corrected chi connectivity index (χ3v) is 15.3. The minimum absolute atomic E-state index is 0.0311. The zero-order valence-electron chi connectivity index (χ0n) is 28.8. The maximum absolute atomic E-state index is 11.2. The molecule has 4 rings (SSSR count). The van der Waals surface area contributed by atoms with E-state index >= 15 is 0 Å². The Hall–Kier alpha value is -0.860. The average Bonchev–Trinajstić information content (AvgIpc) is 3.19. The predicted molar refractivity (Wildman–Crippen MR) is 171 cm³/mol. The van der Waals surface area contributed by atoms with Crippen LogP contribution in [0.15, 0.2) is 35.5 Å². The van der Waals surface area contributed by atoms with Gasteiger partial charge < -0.3 is 9.84 Å². The van der Waals surface area contributed by atoms with Gasteiger partial charge in [0.1, 0.15) is 0 Å². The van der Waals surface area contributed by atoms with Crippen LogP contribution in [0.3, 0.4) is 0 Å². The van der Waals surface area contributed by atoms with Crippen LogP contribution < -0.4 is 0 Å². The molecule has 0 aromatic rings. The molecule has 0 saturated heterocycles. The van der Waals surface area contributed by atoms with Crippen LogP contribution in [-0.2, 0) is 4.74 Å². The fourth-order valence-electron chi connectivity index (χ4n) is 10.3. The smallest absolute Gasteiger partial charge is 0.0789 e. The van der Waals surface area contributed by atoms with Crippen molar-refractivity contribution in [2.75, 3.05) is 7.11 Å². The summed E-state index contributed by atoms with van der Waals surface area (Å²) in [5.74, 6) is 2.79. The summed E-state index contributed by atoms with van der Waals surface area (Å²) in [6.45, 7) is 31.0. The highest BCUT2D eigenvalue weighted by molar-refractivity contribution is 5.43. The van der Waals surface area contributed by atoms with Crippen molar-refractivity contribution >= 4 is 0 Å². The Kier molecular flexibility index (Phi) is 7.88. The fourth-order valence-corrected chi connectivity index (χ4v) is 10.3. The number of rotatable bonds is 8. The van der Waals surface area contributed by atoms with E-state index in [1.54, 1.807) is 11.1 Å². The molecule has 2 saturated carbocycles. The molecule has 1 N–H and O–H groups in total. The summed E-state index contributed by atoms with van der Waals surface area (Å²) >= 11 is 0. The second kappa shape index (κ2) is 9.83. The maximum atomic E-state index is 11.2. The summed E-state index contributed by atoms with van der Waals surface area (Å²) in [7, 11) is 1.84. The monoisotopic (exact) mass is 552 g/mol. The highest BCUT2D eigenvalue weighted by Crippen LogP contribution is 2.68. The normalized spacial score (nSPS) is 35.9. The molecule has 5 unspecified atom stereocenters. The molecule has 0 aromatic heterocycles. The van der Waals surface area contributed by atoms with Crippen molar-refractivity contribution in [1.29, 1.82) is 0 Å². The molecular formula is C38H64O2. The molecule has 40 heavy (non-hydrogen) atoms. The third-order valence-electron chi connectivity index (χ3n) is 15.3. The Morgan fingerprint density at radius 2 is 1.50 bits per heavy atom. The second-order valence-electron chi connectivity index (χ2n) is 17.8. The lowest BCUT2D eigenvalue weighted by Crippen LogP contribution is -2.59. The van der Waals surface area contributed by atoms with Crippen molar-refractivity contribution in [1.82, 2.24) is 0 Å². The number of hydrogen-bond donors (Lipinski definition) is 1. The zero-order valence-corrected chi connectivity index (χ0v) is 28.8. The summed E-state index contributed by atoms with van der Waals surface area (Å²) < 4.78 is 5.71. The first kappa shape index (κ1) is 32.1. The van der Waals surface area contributed by atoms with Crippen LogP contribution in [-0.4, -0.2) is 23.9 Å². The second-order valence-corrected chi connectivity index (χ2v) is 17.8. The number of methoxy groups -OCH3 is 1. The summed E-state index contributed by atoms with van der Waals surface area (Å²) in [6, 6.07) is 0. The van der Waals surface area contributed by atoms with Gasteiger partial charge in [-0.1, -0.05) is 112 Å². The van der Waals surface area contributed by atoms with E-state index in [2.05, 4.69) is 100 Å². The molecule has 2 fully saturated rings. The molecular weight excluding hydrogens is 488 g/mol. The van der Waals surface area contributed by atoms with Gasteiger partial charge >= 0.3 is 0 Å². The minimum Gasteiger partial charge on any atom is -0.390 e. The van der Waals surface area contributed by atoms with E-state index < -0.39 is 5.60 Å². The lowest BCUT2D eigenvalue weighted by molar-refractivity contribution is -0.178. The van der Waals surface area contributed by atoms with E-state index in [9.17, 15) is 5.11 Å². The standard InChI is InChI=1S/C38H64O2/c1-25(24-32(2,3)33(4,5)34(6,7)35(8,9)36(10,11)39)29-17-18-30-28-16-15-26-23-27(40-14)19-21-37(26,12)31(28)20-22-38(29,30)13/h15-16,19,21,25,27,29-31,39H,17-18,20,22-24H2,1-14H3/t25?,27?,29?,30?,31?,37-,38+/m0/s1. The van der Waals surface area contributed by atoms with Crippen molar-refractivity contribution in [2.45, 2.75) is 140 Å². The van der Waals surface area contributed by atoms with Crippen LogP contribution in [0.1, 0.15) is 129 Å². The molecule has 0 bridgehead atoms. The topological polar surface area (TPSA) is 29.5 Å². The van der Waals surface area contributed by atoms with E-state index in [0.717, 1.165) is 12.3 Å². The van der Waals surface area contributed by atoms with Crippen LogP contribution in [0.25, 0.3) is 0 Å². The Labute approximate surface area is 248 Å². The largest absolute Gasteiger partial charge is 0.390 e. The van der Waals surface area contributed by atoms with E-state index in [1.165, 1.54) is 32.1 Å². The Morgan fingerprint density at radius 1 is 0.875 bits per heavy atom. The van der Waals surface area contributed by atoms with Crippen LogP contribution >= 0.6 is 0 Å². The summed E-state index contributed by atoms with van der Waals surface area (Å²) in [4.78, 5) is 0. The lowest BCUT2D eigenvalue weighted by atomic mass is 9.43. The molecule has 7 atom stereocenters. The van der Waals surface area contributed by atoms with Crippen molar-refractivity contribution < 1.29 is 9.84 Å². The number of ether oxygens (including phenoxy) is 1. The van der Waals surface area contributed by atoms with Crippen molar-refractivity contribution in [2.24, 2.45) is 56.2 Å². The molecule has 4 aliphatic carbocycles. The Bertz CT molecular complexity index is 1060. The van der Waals surface area contributed by atoms with Gasteiger partial charge in [-0.25, -0.2) is 0 Å². The van der Waals surface area contributed by atoms with Gasteiger partial charge in [-0.3, -0.25) is 0 Å². The van der Waals surface area contributed by atoms with Gasteiger partial charge in [0.2, 0.25) is 0 Å². The Morgan fingerprint density at radius 3 is 2.08 bits per heavy atom. The van der Waals surface area contributed by atoms with E-state index in [1.807, 2.05) is 21.0 Å². The quantitative estimate of drug-likeness (QED) is 0.304. The SMILES string of the molecule is COC1C=C[C@@]2(C)C(=CC=C3C4CCC(C(C)CC(C)(C)C(C)(C)C(C)(C)C(C)(C)C(C)(C)O)[C@@]4(C)CCC32)C1. The number of allylic oxidation sites excluding steroid dienone is 4. The number of fused-ring (bicyclic) bond motifs is 5. The first-order valence-corrected chi connectivity index (χ1v) is 16.4. The van der Waals surface area contributed by atoms with Crippen molar-refractivity contribution in [3.8, 4) is 0 Å². The highest BCUT2D eigenvalue weighted by atomic mass is 16.5. The van der Waals surface area contributed by atoms with Crippen LogP contribution in [0.5, 0.6) is 0 Å². The molecule has 0 aromatic carbocycles. The summed E-state index contributed by atoms with van der Waals surface area (Å²) in [5, 5.41) is 11.2. The Balaban J connectivity index is 1.57. The molecule has 0 heterocycles. The zero-order chi connectivity index (χ0) is 30.3. The maximum Gasteiger partial charge on any atom is 0.0789 e. The van der Waals surface area contributed by atoms with Gasteiger partial charge in [-0.05, 0) is 103 Å². The molecule has 228 valence electrons. The van der Waals surface area contributed by atoms with E-state index in [4.69, 9.17) is 4.74 Å². The molecule has 0 spiro atoms. The van der Waals surface area contributed by atoms with Gasteiger partial charge in [0.25, 0.3) is 0 Å². The average molecular weight is 553 g/mol. The minimum atomic E-state index is -0.753. The fraction of sp³-hybridized carbons (Fsp3) is 0.842. The molecule has 0 amide bonds. The number of aliphatic hydroxyl groups is 1. The molecule has 4 aliphatic rings. The van der Waals surface area contributed by atoms with Gasteiger partial charge in [0.15, 0.2) is 0 Å². The third kappa shape index (κ3) is 4.47. The van der Waals surface area contributed by atoms with Crippen LogP contribution in [0.2, 0.25) is 0 Å². The first-order chi connectivity index (χ1) is 18.1. The molecule has 0 radical (unpaired) electrons. The van der Waals surface area contributed by atoms with Gasteiger partial charge in [0.05, 0.1) is 11.7 Å². The molecule has 2 nitrogen and oxygen atoms in total. The first-order valence-electron chi connectivity index (χ1n) is 16.4. The van der Waals surface area contributed by atoms with Crippen LogP contribution in [0, 0.1) is 56.2 Å². The lowest BCUT2D eigenvalue weighted by Gasteiger charge is -2.62. The predicted octanol–water partition coefficient (Wildman–Crippen LogP) is 10.2. The van der Waals surface area contributed by atoms with Gasteiger partial charge in [-0.15, -0.1) is 0 Å². The van der Waals surface area contributed by atoms with Crippen molar-refractivity contribution in [3.05, 3.63) is 35.5 Å². The highest BCUT2D eigenvalue weighted by Gasteiger charge is 2.60. The van der Waals surface area contributed by atoms with Crippen molar-refractivity contribution in [3.63, 3.8) is 0 Å². The molecule has 0 aliphatic heterocycles. The van der Waals surface area contributed by atoms with Gasteiger partial charge in [0, 0.05) is 12.5 Å². The van der Waals surface area contributed by atoms with Crippen LogP contribution in [0.4, 0.5) is 0 Å². The van der Waals surface area contributed by atoms with E-state index in [-0.39, 0.29) is 33.2 Å². The number of hydrogen-bond acceptors (Lipinski definition) is 2. The van der Waals surface area contributed by atoms with Gasteiger partial charge in [-0.2, -0.15) is 0 Å².